The molecule has 0 saturated carbocycles. The fourth-order valence-corrected chi connectivity index (χ4v) is 4.59. The predicted octanol–water partition coefficient (Wildman–Crippen LogP) is 4.63. The van der Waals surface area contributed by atoms with Gasteiger partial charge in [0.25, 0.3) is 0 Å². The summed E-state index contributed by atoms with van der Waals surface area (Å²) >= 11 is 12.3. The van der Waals surface area contributed by atoms with E-state index in [-0.39, 0.29) is 5.69 Å². The van der Waals surface area contributed by atoms with Gasteiger partial charge in [-0.2, -0.15) is 0 Å². The van der Waals surface area contributed by atoms with Crippen LogP contribution in [0.25, 0.3) is 11.0 Å². The average Bonchev–Trinajstić information content (AvgIpc) is 3.04. The maximum atomic E-state index is 12.1. The number of hydrogen-bond acceptors (Lipinski definition) is 3. The molecule has 1 saturated heterocycles. The summed E-state index contributed by atoms with van der Waals surface area (Å²) in [6.07, 6.45) is 3.29. The quantitative estimate of drug-likeness (QED) is 0.553. The highest BCUT2D eigenvalue weighted by Crippen LogP contribution is 2.29. The topological polar surface area (TPSA) is 44.3 Å². The molecule has 0 spiro atoms. The third-order valence-corrected chi connectivity index (χ3v) is 6.20. The third-order valence-electron chi connectivity index (χ3n) is 5.66. The monoisotopic (exact) mass is 432 g/mol. The van der Waals surface area contributed by atoms with E-state index >= 15 is 0 Å². The summed E-state index contributed by atoms with van der Waals surface area (Å²) in [5.74, 6) is 0. The molecule has 0 bridgehead atoms. The highest BCUT2D eigenvalue weighted by atomic mass is 35.5. The van der Waals surface area contributed by atoms with E-state index in [4.69, 9.17) is 23.2 Å². The molecule has 1 fully saturated rings. The number of unbranched alkanes of at least 4 members (excludes halogenated alkanes) is 2. The normalized spacial score (nSPS) is 15.3. The molecule has 0 atom stereocenters. The third kappa shape index (κ3) is 4.80. The second kappa shape index (κ2) is 9.24. The fraction of sp³-hybridized carbons (Fsp3) is 0.409. The number of nitrogens with zero attached hydrogens (tertiary/aromatic N) is 3. The molecule has 0 unspecified atom stereocenters. The number of H-pyrrole nitrogens is 1. The number of imidazole rings is 1. The van der Waals surface area contributed by atoms with Gasteiger partial charge in [0, 0.05) is 37.7 Å². The molecule has 1 N–H and O–H groups in total. The lowest BCUT2D eigenvalue weighted by Crippen LogP contribution is -2.46. The first-order valence-electron chi connectivity index (χ1n) is 10.2. The van der Waals surface area contributed by atoms with Crippen LogP contribution >= 0.6 is 23.2 Å². The van der Waals surface area contributed by atoms with Gasteiger partial charge in [-0.05, 0) is 49.7 Å². The molecule has 2 heterocycles. The summed E-state index contributed by atoms with van der Waals surface area (Å²) in [7, 11) is 0. The summed E-state index contributed by atoms with van der Waals surface area (Å²) in [4.78, 5) is 19.9. The molecule has 0 aliphatic carbocycles. The van der Waals surface area contributed by atoms with Crippen LogP contribution in [-0.2, 0) is 6.54 Å². The first-order valence-corrected chi connectivity index (χ1v) is 11.0. The summed E-state index contributed by atoms with van der Waals surface area (Å²) in [5, 5.41) is 1.39. The Kier molecular flexibility index (Phi) is 6.48. The molecule has 5 nitrogen and oxygen atoms in total. The van der Waals surface area contributed by atoms with Crippen molar-refractivity contribution in [2.75, 3.05) is 37.6 Å². The molecule has 0 radical (unpaired) electrons. The Morgan fingerprint density at radius 3 is 2.45 bits per heavy atom. The Morgan fingerprint density at radius 1 is 0.897 bits per heavy atom. The zero-order chi connectivity index (χ0) is 20.2. The standard InChI is InChI=1S/C22H26Cl2N4O/c23-17-8-9-20(18(24)16-17)27-14-12-26(13-15-27)10-4-1-5-11-28-21-7-3-2-6-19(21)25-22(28)29/h2-3,6-9,16H,1,4-5,10-15H2,(H,25,29). The number of benzene rings is 2. The van der Waals surface area contributed by atoms with Crippen LogP contribution < -0.4 is 10.6 Å². The largest absolute Gasteiger partial charge is 0.368 e. The van der Waals surface area contributed by atoms with Crippen molar-refractivity contribution in [3.8, 4) is 0 Å². The van der Waals surface area contributed by atoms with E-state index in [9.17, 15) is 4.79 Å². The van der Waals surface area contributed by atoms with Crippen molar-refractivity contribution in [1.82, 2.24) is 14.5 Å². The van der Waals surface area contributed by atoms with E-state index < -0.39 is 0 Å². The van der Waals surface area contributed by atoms with Crippen molar-refractivity contribution in [1.29, 1.82) is 0 Å². The van der Waals surface area contributed by atoms with Crippen LogP contribution in [0, 0.1) is 0 Å². The number of para-hydroxylation sites is 2. The molecule has 0 amide bonds. The average molecular weight is 433 g/mol. The molecule has 29 heavy (non-hydrogen) atoms. The van der Waals surface area contributed by atoms with Crippen molar-refractivity contribution in [2.45, 2.75) is 25.8 Å². The zero-order valence-electron chi connectivity index (χ0n) is 16.4. The van der Waals surface area contributed by atoms with Crippen LogP contribution in [0.2, 0.25) is 10.0 Å². The van der Waals surface area contributed by atoms with E-state index in [1.54, 1.807) is 0 Å². The van der Waals surface area contributed by atoms with Gasteiger partial charge in [0.05, 0.1) is 21.7 Å². The second-order valence-electron chi connectivity index (χ2n) is 7.58. The van der Waals surface area contributed by atoms with Gasteiger partial charge in [-0.3, -0.25) is 9.47 Å². The molecule has 3 aromatic rings. The molecule has 2 aromatic carbocycles. The van der Waals surface area contributed by atoms with E-state index in [1.165, 1.54) is 0 Å². The molecule has 7 heteroatoms. The predicted molar refractivity (Wildman–Crippen MR) is 122 cm³/mol. The van der Waals surface area contributed by atoms with Gasteiger partial charge in [0.1, 0.15) is 0 Å². The van der Waals surface area contributed by atoms with Gasteiger partial charge in [0.2, 0.25) is 0 Å². The number of halogens is 2. The lowest BCUT2D eigenvalue weighted by Gasteiger charge is -2.36. The Labute approximate surface area is 180 Å². The number of aryl methyl sites for hydroxylation is 1. The van der Waals surface area contributed by atoms with Crippen molar-refractivity contribution >= 4 is 39.9 Å². The molecule has 1 aromatic heterocycles. The zero-order valence-corrected chi connectivity index (χ0v) is 17.9. The Morgan fingerprint density at radius 2 is 1.66 bits per heavy atom. The van der Waals surface area contributed by atoms with Crippen LogP contribution in [0.4, 0.5) is 5.69 Å². The van der Waals surface area contributed by atoms with Crippen LogP contribution in [0.15, 0.2) is 47.3 Å². The number of rotatable bonds is 7. The second-order valence-corrected chi connectivity index (χ2v) is 8.43. The maximum absolute atomic E-state index is 12.1. The Hall–Kier alpha value is -1.95. The first kappa shape index (κ1) is 20.3. The number of anilines is 1. The van der Waals surface area contributed by atoms with Crippen molar-refractivity contribution in [3.05, 3.63) is 63.0 Å². The molecular weight excluding hydrogens is 407 g/mol. The van der Waals surface area contributed by atoms with Crippen LogP contribution in [0.5, 0.6) is 0 Å². The van der Waals surface area contributed by atoms with E-state index in [0.717, 1.165) is 80.3 Å². The van der Waals surface area contributed by atoms with Crippen LogP contribution in [-0.4, -0.2) is 47.2 Å². The molecule has 1 aliphatic heterocycles. The number of aromatic amines is 1. The molecule has 1 aliphatic rings. The summed E-state index contributed by atoms with van der Waals surface area (Å²) in [6, 6.07) is 13.6. The minimum atomic E-state index is -0.0109. The number of aromatic nitrogens is 2. The van der Waals surface area contributed by atoms with E-state index in [0.29, 0.717) is 5.02 Å². The van der Waals surface area contributed by atoms with Gasteiger partial charge in [-0.15, -0.1) is 0 Å². The highest BCUT2D eigenvalue weighted by molar-refractivity contribution is 6.36. The van der Waals surface area contributed by atoms with Crippen molar-refractivity contribution in [2.24, 2.45) is 0 Å². The highest BCUT2D eigenvalue weighted by Gasteiger charge is 2.18. The number of nitrogens with one attached hydrogen (secondary N) is 1. The first-order chi connectivity index (χ1) is 14.1. The minimum Gasteiger partial charge on any atom is -0.368 e. The lowest BCUT2D eigenvalue weighted by atomic mass is 10.2. The fourth-order valence-electron chi connectivity index (χ4n) is 4.06. The van der Waals surface area contributed by atoms with Gasteiger partial charge in [0.15, 0.2) is 0 Å². The summed E-state index contributed by atoms with van der Waals surface area (Å²) < 4.78 is 1.85. The van der Waals surface area contributed by atoms with Crippen molar-refractivity contribution in [3.63, 3.8) is 0 Å². The molecular formula is C22H26Cl2N4O. The van der Waals surface area contributed by atoms with Gasteiger partial charge in [-0.1, -0.05) is 41.8 Å². The summed E-state index contributed by atoms with van der Waals surface area (Å²) in [5.41, 5.74) is 2.97. The number of hydrogen-bond donors (Lipinski definition) is 1. The number of piperazine rings is 1. The van der Waals surface area contributed by atoms with E-state index in [1.807, 2.05) is 47.0 Å². The summed E-state index contributed by atoms with van der Waals surface area (Å²) in [6.45, 7) is 5.91. The van der Waals surface area contributed by atoms with Gasteiger partial charge < -0.3 is 9.88 Å². The SMILES string of the molecule is O=c1[nH]c2ccccc2n1CCCCCN1CCN(c2ccc(Cl)cc2Cl)CC1. The number of fused-ring (bicyclic) bond motifs is 1. The van der Waals surface area contributed by atoms with E-state index in [2.05, 4.69) is 14.8 Å². The smallest absolute Gasteiger partial charge is 0.326 e. The van der Waals surface area contributed by atoms with Gasteiger partial charge >= 0.3 is 5.69 Å². The maximum Gasteiger partial charge on any atom is 0.326 e. The minimum absolute atomic E-state index is 0.0109. The van der Waals surface area contributed by atoms with Crippen molar-refractivity contribution < 1.29 is 0 Å². The molecule has 4 rings (SSSR count). The van der Waals surface area contributed by atoms with Gasteiger partial charge in [-0.25, -0.2) is 4.79 Å². The van der Waals surface area contributed by atoms with Crippen LogP contribution in [0.3, 0.4) is 0 Å². The Bertz CT molecular complexity index is 1020. The Balaban J connectivity index is 1.19. The lowest BCUT2D eigenvalue weighted by molar-refractivity contribution is 0.251. The van der Waals surface area contributed by atoms with Crippen LogP contribution in [0.1, 0.15) is 19.3 Å². The molecule has 154 valence electrons.